The van der Waals surface area contributed by atoms with E-state index < -0.39 is 0 Å². The summed E-state index contributed by atoms with van der Waals surface area (Å²) in [4.78, 5) is 17.6. The summed E-state index contributed by atoms with van der Waals surface area (Å²) >= 11 is 0. The van der Waals surface area contributed by atoms with Gasteiger partial charge in [-0.2, -0.15) is 0 Å². The lowest BCUT2D eigenvalue weighted by atomic mass is 10.0. The molecule has 0 aliphatic carbocycles. The molecule has 5 heteroatoms. The van der Waals surface area contributed by atoms with Gasteiger partial charge in [-0.05, 0) is 66.8 Å². The molecule has 1 fully saturated rings. The van der Waals surface area contributed by atoms with Crippen molar-refractivity contribution in [3.05, 3.63) is 83.8 Å². The van der Waals surface area contributed by atoms with Crippen molar-refractivity contribution in [2.45, 2.75) is 38.8 Å². The monoisotopic (exact) mass is 404 g/mol. The van der Waals surface area contributed by atoms with Gasteiger partial charge in [0.2, 0.25) is 0 Å². The van der Waals surface area contributed by atoms with Crippen molar-refractivity contribution in [1.82, 2.24) is 4.90 Å². The van der Waals surface area contributed by atoms with Gasteiger partial charge in [0.1, 0.15) is 5.75 Å². The summed E-state index contributed by atoms with van der Waals surface area (Å²) in [5.41, 5.74) is 3.36. The zero-order valence-corrected chi connectivity index (χ0v) is 17.3. The third kappa shape index (κ3) is 4.57. The number of amides is 1. The van der Waals surface area contributed by atoms with Gasteiger partial charge >= 0.3 is 0 Å². The van der Waals surface area contributed by atoms with Crippen molar-refractivity contribution in [3.63, 3.8) is 0 Å². The van der Waals surface area contributed by atoms with Crippen LogP contribution in [0.15, 0.2) is 71.3 Å². The number of nitrogens with zero attached hydrogens (tertiary/aromatic N) is 2. The minimum atomic E-state index is -0.0822. The summed E-state index contributed by atoms with van der Waals surface area (Å²) in [5.74, 6) is 0.584. The number of furan rings is 1. The summed E-state index contributed by atoms with van der Waals surface area (Å²) in [6.07, 6.45) is 4.33. The number of phenolic OH excluding ortho intramolecular Hbond substituents is 1. The molecule has 1 aliphatic rings. The van der Waals surface area contributed by atoms with Gasteiger partial charge in [0.05, 0.1) is 6.26 Å². The minimum absolute atomic E-state index is 0.0822. The quantitative estimate of drug-likeness (QED) is 0.637. The standard InChI is InChI=1S/C25H28N2O3/c1-2-19-5-9-21(10-6-19)27(25(29)24-4-3-17-30-24)22-13-15-26(16-14-22)18-20-7-11-23(28)12-8-20/h3-12,17,22,28H,2,13-16,18H2,1H3. The van der Waals surface area contributed by atoms with E-state index in [1.165, 1.54) is 11.1 Å². The number of carbonyl (C=O) groups is 1. The fraction of sp³-hybridized carbons (Fsp3) is 0.320. The van der Waals surface area contributed by atoms with Gasteiger partial charge < -0.3 is 14.4 Å². The molecule has 1 N–H and O–H groups in total. The van der Waals surface area contributed by atoms with Crippen LogP contribution < -0.4 is 4.90 Å². The predicted molar refractivity (Wildman–Crippen MR) is 118 cm³/mol. The summed E-state index contributed by atoms with van der Waals surface area (Å²) < 4.78 is 5.42. The molecular weight excluding hydrogens is 376 g/mol. The van der Waals surface area contributed by atoms with Crippen LogP contribution >= 0.6 is 0 Å². The molecule has 156 valence electrons. The van der Waals surface area contributed by atoms with E-state index in [9.17, 15) is 9.90 Å². The molecule has 1 saturated heterocycles. The Morgan fingerprint density at radius 1 is 1.03 bits per heavy atom. The predicted octanol–water partition coefficient (Wildman–Crippen LogP) is 4.86. The van der Waals surface area contributed by atoms with Crippen molar-refractivity contribution >= 4 is 11.6 Å². The highest BCUT2D eigenvalue weighted by molar-refractivity contribution is 6.04. The molecule has 2 heterocycles. The van der Waals surface area contributed by atoms with Crippen molar-refractivity contribution in [3.8, 4) is 5.75 Å². The zero-order valence-electron chi connectivity index (χ0n) is 17.3. The topological polar surface area (TPSA) is 56.9 Å². The molecule has 0 radical (unpaired) electrons. The maximum absolute atomic E-state index is 13.3. The number of carbonyl (C=O) groups excluding carboxylic acids is 1. The number of hydrogen-bond donors (Lipinski definition) is 1. The molecule has 3 aromatic rings. The molecule has 0 bridgehead atoms. The van der Waals surface area contributed by atoms with Crippen LogP contribution in [0.25, 0.3) is 0 Å². The van der Waals surface area contributed by atoms with Crippen LogP contribution in [0.5, 0.6) is 5.75 Å². The highest BCUT2D eigenvalue weighted by Gasteiger charge is 2.31. The molecule has 2 aromatic carbocycles. The molecule has 0 spiro atoms. The Labute approximate surface area is 177 Å². The van der Waals surface area contributed by atoms with Gasteiger partial charge in [0.25, 0.3) is 5.91 Å². The number of hydrogen-bond acceptors (Lipinski definition) is 4. The van der Waals surface area contributed by atoms with Gasteiger partial charge in [0.15, 0.2) is 5.76 Å². The molecule has 1 aliphatic heterocycles. The van der Waals surface area contributed by atoms with Gasteiger partial charge in [-0.1, -0.05) is 31.2 Å². The normalized spacial score (nSPS) is 15.2. The molecule has 0 atom stereocenters. The first kappa shape index (κ1) is 20.2. The fourth-order valence-electron chi connectivity index (χ4n) is 4.10. The van der Waals surface area contributed by atoms with Crippen molar-refractivity contribution in [2.75, 3.05) is 18.0 Å². The van der Waals surface area contributed by atoms with Crippen LogP contribution in [0.2, 0.25) is 0 Å². The average molecular weight is 405 g/mol. The summed E-state index contributed by atoms with van der Waals surface area (Å²) in [6, 6.07) is 19.3. The van der Waals surface area contributed by atoms with Crippen molar-refractivity contribution in [2.24, 2.45) is 0 Å². The van der Waals surface area contributed by atoms with Crippen LogP contribution in [-0.2, 0) is 13.0 Å². The smallest absolute Gasteiger partial charge is 0.294 e. The maximum Gasteiger partial charge on any atom is 0.294 e. The minimum Gasteiger partial charge on any atom is -0.508 e. The molecular formula is C25H28N2O3. The Bertz CT molecular complexity index is 941. The Hall–Kier alpha value is -3.05. The first-order chi connectivity index (χ1) is 14.6. The van der Waals surface area contributed by atoms with Gasteiger partial charge in [-0.3, -0.25) is 9.69 Å². The number of phenols is 1. The van der Waals surface area contributed by atoms with Crippen LogP contribution in [0.3, 0.4) is 0 Å². The van der Waals surface area contributed by atoms with E-state index in [1.807, 2.05) is 29.2 Å². The molecule has 1 aromatic heterocycles. The van der Waals surface area contributed by atoms with Crippen molar-refractivity contribution in [1.29, 1.82) is 0 Å². The Kier molecular flexibility index (Phi) is 6.19. The first-order valence-corrected chi connectivity index (χ1v) is 10.6. The number of aromatic hydroxyl groups is 1. The van der Waals surface area contributed by atoms with E-state index in [1.54, 1.807) is 30.5 Å². The fourth-order valence-corrected chi connectivity index (χ4v) is 4.10. The summed E-state index contributed by atoms with van der Waals surface area (Å²) in [7, 11) is 0. The van der Waals surface area contributed by atoms with Crippen LogP contribution in [0.4, 0.5) is 5.69 Å². The number of likely N-dealkylation sites (tertiary alicyclic amines) is 1. The Morgan fingerprint density at radius 2 is 1.70 bits per heavy atom. The van der Waals surface area contributed by atoms with Crippen molar-refractivity contribution < 1.29 is 14.3 Å². The largest absolute Gasteiger partial charge is 0.508 e. The lowest BCUT2D eigenvalue weighted by Crippen LogP contribution is -2.47. The van der Waals surface area contributed by atoms with E-state index in [0.717, 1.165) is 44.6 Å². The molecule has 1 amide bonds. The zero-order chi connectivity index (χ0) is 20.9. The Morgan fingerprint density at radius 3 is 2.30 bits per heavy atom. The second-order valence-electron chi connectivity index (χ2n) is 7.85. The molecule has 0 unspecified atom stereocenters. The van der Waals surface area contributed by atoms with Crippen LogP contribution in [0.1, 0.15) is 41.4 Å². The van der Waals surface area contributed by atoms with Gasteiger partial charge in [-0.25, -0.2) is 0 Å². The number of benzene rings is 2. The van der Waals surface area contributed by atoms with E-state index in [2.05, 4.69) is 24.0 Å². The Balaban J connectivity index is 1.48. The maximum atomic E-state index is 13.3. The second-order valence-corrected chi connectivity index (χ2v) is 7.85. The lowest BCUT2D eigenvalue weighted by Gasteiger charge is -2.38. The lowest BCUT2D eigenvalue weighted by molar-refractivity contribution is 0.0931. The van der Waals surface area contributed by atoms with E-state index in [0.29, 0.717) is 11.5 Å². The third-order valence-electron chi connectivity index (χ3n) is 5.84. The van der Waals surface area contributed by atoms with Crippen LogP contribution in [-0.4, -0.2) is 35.0 Å². The molecule has 4 rings (SSSR count). The summed E-state index contributed by atoms with van der Waals surface area (Å²) in [6.45, 7) is 4.82. The molecule has 5 nitrogen and oxygen atoms in total. The van der Waals surface area contributed by atoms with Gasteiger partial charge in [-0.15, -0.1) is 0 Å². The van der Waals surface area contributed by atoms with E-state index >= 15 is 0 Å². The number of piperidine rings is 1. The van der Waals surface area contributed by atoms with Gasteiger partial charge in [0, 0.05) is 31.4 Å². The second kappa shape index (κ2) is 9.18. The highest BCUT2D eigenvalue weighted by Crippen LogP contribution is 2.27. The average Bonchev–Trinajstić information content (AvgIpc) is 3.32. The highest BCUT2D eigenvalue weighted by atomic mass is 16.3. The number of anilines is 1. The molecule has 0 saturated carbocycles. The molecule has 30 heavy (non-hydrogen) atoms. The van der Waals surface area contributed by atoms with E-state index in [-0.39, 0.29) is 11.9 Å². The number of rotatable bonds is 6. The summed E-state index contributed by atoms with van der Waals surface area (Å²) in [5, 5.41) is 9.47. The van der Waals surface area contributed by atoms with E-state index in [4.69, 9.17) is 4.42 Å². The first-order valence-electron chi connectivity index (χ1n) is 10.6. The van der Waals surface area contributed by atoms with Crippen LogP contribution in [0, 0.1) is 0 Å². The SMILES string of the molecule is CCc1ccc(N(C(=O)c2ccco2)C2CCN(Cc3ccc(O)cc3)CC2)cc1. The third-order valence-corrected chi connectivity index (χ3v) is 5.84. The number of aryl methyl sites for hydroxylation is 1.